The van der Waals surface area contributed by atoms with Gasteiger partial charge in [-0.15, -0.1) is 0 Å². The lowest BCUT2D eigenvalue weighted by atomic mass is 9.68. The zero-order valence-corrected chi connectivity index (χ0v) is 15.6. The van der Waals surface area contributed by atoms with Crippen LogP contribution in [0.4, 0.5) is 0 Å². The van der Waals surface area contributed by atoms with Gasteiger partial charge in [0, 0.05) is 4.75 Å². The maximum atomic E-state index is 2.37. The van der Waals surface area contributed by atoms with Gasteiger partial charge in [-0.25, -0.2) is 0 Å². The predicted octanol–water partition coefficient (Wildman–Crippen LogP) is 7.08. The maximum absolute atomic E-state index is 2.37. The van der Waals surface area contributed by atoms with Gasteiger partial charge in [0.15, 0.2) is 0 Å². The van der Waals surface area contributed by atoms with Crippen molar-refractivity contribution in [2.45, 2.75) is 102 Å². The summed E-state index contributed by atoms with van der Waals surface area (Å²) in [4.78, 5) is 0. The summed E-state index contributed by atoms with van der Waals surface area (Å²) in [6.45, 7) is 4.69. The van der Waals surface area contributed by atoms with Crippen LogP contribution in [0.15, 0.2) is 0 Å². The zero-order valence-electron chi connectivity index (χ0n) is 14.8. The monoisotopic (exact) mass is 310 g/mol. The lowest BCUT2D eigenvalue weighted by Crippen LogP contribution is -2.34. The molecule has 2 aliphatic carbocycles. The summed E-state index contributed by atoms with van der Waals surface area (Å²) in [6, 6.07) is 0. The standard InChI is InChI=1S/C20H38S/c1-4-6-14-20(21-3)15-12-19(13-16-20)18-10-8-17(7-5-2)9-11-18/h17-19H,4-16H2,1-3H3. The Morgan fingerprint density at radius 3 is 2.00 bits per heavy atom. The third-order valence-electron chi connectivity index (χ3n) is 6.62. The molecule has 0 spiro atoms. The topological polar surface area (TPSA) is 0 Å². The van der Waals surface area contributed by atoms with Gasteiger partial charge in [-0.1, -0.05) is 52.4 Å². The van der Waals surface area contributed by atoms with Crippen molar-refractivity contribution in [3.8, 4) is 0 Å². The molecule has 0 heterocycles. The third kappa shape index (κ3) is 4.91. The molecule has 0 nitrogen and oxygen atoms in total. The van der Waals surface area contributed by atoms with E-state index in [0.717, 1.165) is 17.8 Å². The summed E-state index contributed by atoms with van der Waals surface area (Å²) in [5, 5.41) is 0. The van der Waals surface area contributed by atoms with E-state index in [4.69, 9.17) is 0 Å². The van der Waals surface area contributed by atoms with E-state index >= 15 is 0 Å². The molecule has 0 aromatic carbocycles. The molecular weight excluding hydrogens is 272 g/mol. The molecule has 21 heavy (non-hydrogen) atoms. The summed E-state index contributed by atoms with van der Waals surface area (Å²) < 4.78 is 0.659. The van der Waals surface area contributed by atoms with Gasteiger partial charge in [0.05, 0.1) is 0 Å². The number of hydrogen-bond acceptors (Lipinski definition) is 1. The highest BCUT2D eigenvalue weighted by atomic mass is 32.2. The van der Waals surface area contributed by atoms with E-state index < -0.39 is 0 Å². The second kappa shape index (κ2) is 8.85. The first-order valence-corrected chi connectivity index (χ1v) is 11.0. The van der Waals surface area contributed by atoms with Crippen LogP contribution >= 0.6 is 11.8 Å². The molecular formula is C20H38S. The Labute approximate surface area is 138 Å². The smallest absolute Gasteiger partial charge is 0.0157 e. The van der Waals surface area contributed by atoms with E-state index in [9.17, 15) is 0 Å². The van der Waals surface area contributed by atoms with Gasteiger partial charge in [-0.2, -0.15) is 11.8 Å². The van der Waals surface area contributed by atoms with Gasteiger partial charge in [0.1, 0.15) is 0 Å². The third-order valence-corrected chi connectivity index (χ3v) is 8.09. The quantitative estimate of drug-likeness (QED) is 0.484. The highest BCUT2D eigenvalue weighted by Crippen LogP contribution is 2.48. The Morgan fingerprint density at radius 1 is 0.857 bits per heavy atom. The highest BCUT2D eigenvalue weighted by Gasteiger charge is 2.37. The minimum atomic E-state index is 0.659. The second-order valence-electron chi connectivity index (χ2n) is 7.90. The van der Waals surface area contributed by atoms with Crippen molar-refractivity contribution >= 4 is 11.8 Å². The van der Waals surface area contributed by atoms with E-state index in [1.807, 2.05) is 0 Å². The zero-order chi connectivity index (χ0) is 15.1. The first-order valence-electron chi connectivity index (χ1n) is 9.78. The summed E-state index contributed by atoms with van der Waals surface area (Å²) in [5.41, 5.74) is 0. The van der Waals surface area contributed by atoms with Crippen molar-refractivity contribution in [3.05, 3.63) is 0 Å². The summed E-state index contributed by atoms with van der Waals surface area (Å²) in [5.74, 6) is 3.24. The normalized spacial score (nSPS) is 37.6. The SMILES string of the molecule is CCCCC1(SC)CCC(C2CCC(CCC)CC2)CC1. The minimum Gasteiger partial charge on any atom is -0.159 e. The second-order valence-corrected chi connectivity index (χ2v) is 9.17. The molecule has 0 N–H and O–H groups in total. The average Bonchev–Trinajstić information content (AvgIpc) is 2.55. The lowest BCUT2D eigenvalue weighted by molar-refractivity contribution is 0.149. The van der Waals surface area contributed by atoms with Crippen LogP contribution in [0.3, 0.4) is 0 Å². The van der Waals surface area contributed by atoms with Crippen molar-refractivity contribution in [3.63, 3.8) is 0 Å². The van der Waals surface area contributed by atoms with Crippen molar-refractivity contribution in [2.75, 3.05) is 6.26 Å². The van der Waals surface area contributed by atoms with Crippen molar-refractivity contribution in [1.29, 1.82) is 0 Å². The summed E-state index contributed by atoms with van der Waals surface area (Å²) in [6.07, 6.45) is 21.8. The molecule has 0 unspecified atom stereocenters. The van der Waals surface area contributed by atoms with E-state index in [-0.39, 0.29) is 0 Å². The Hall–Kier alpha value is 0.350. The van der Waals surface area contributed by atoms with Crippen LogP contribution in [0.5, 0.6) is 0 Å². The Balaban J connectivity index is 1.76. The molecule has 0 aromatic rings. The van der Waals surface area contributed by atoms with Crippen LogP contribution in [-0.4, -0.2) is 11.0 Å². The van der Waals surface area contributed by atoms with E-state index in [0.29, 0.717) is 4.75 Å². The van der Waals surface area contributed by atoms with Crippen LogP contribution in [0, 0.1) is 17.8 Å². The molecule has 124 valence electrons. The van der Waals surface area contributed by atoms with E-state index in [1.54, 1.807) is 25.7 Å². The lowest BCUT2D eigenvalue weighted by Gasteiger charge is -2.43. The van der Waals surface area contributed by atoms with Crippen molar-refractivity contribution in [1.82, 2.24) is 0 Å². The molecule has 2 saturated carbocycles. The van der Waals surface area contributed by atoms with E-state index in [2.05, 4.69) is 31.9 Å². The van der Waals surface area contributed by atoms with Gasteiger partial charge in [0.25, 0.3) is 0 Å². The fraction of sp³-hybridized carbons (Fsp3) is 1.00. The Morgan fingerprint density at radius 2 is 1.48 bits per heavy atom. The number of rotatable bonds is 7. The van der Waals surface area contributed by atoms with Gasteiger partial charge in [-0.3, -0.25) is 0 Å². The number of hydrogen-bond donors (Lipinski definition) is 0. The largest absolute Gasteiger partial charge is 0.159 e. The average molecular weight is 311 g/mol. The number of thioether (sulfide) groups is 1. The molecule has 2 rings (SSSR count). The van der Waals surface area contributed by atoms with Crippen LogP contribution < -0.4 is 0 Å². The van der Waals surface area contributed by atoms with Gasteiger partial charge >= 0.3 is 0 Å². The van der Waals surface area contributed by atoms with E-state index in [1.165, 1.54) is 57.8 Å². The molecule has 0 bridgehead atoms. The summed E-state index contributed by atoms with van der Waals surface area (Å²) >= 11 is 2.19. The number of unbranched alkanes of at least 4 members (excludes halogenated alkanes) is 1. The molecule has 0 atom stereocenters. The van der Waals surface area contributed by atoms with Crippen LogP contribution in [0.1, 0.15) is 97.3 Å². The molecule has 0 saturated heterocycles. The molecule has 2 fully saturated rings. The fourth-order valence-electron chi connectivity index (χ4n) is 5.05. The predicted molar refractivity (Wildman–Crippen MR) is 98.1 cm³/mol. The van der Waals surface area contributed by atoms with Crippen LogP contribution in [0.25, 0.3) is 0 Å². The molecule has 0 amide bonds. The minimum absolute atomic E-state index is 0.659. The first-order chi connectivity index (χ1) is 10.2. The van der Waals surface area contributed by atoms with Crippen molar-refractivity contribution in [2.24, 2.45) is 17.8 Å². The van der Waals surface area contributed by atoms with Crippen molar-refractivity contribution < 1.29 is 0 Å². The maximum Gasteiger partial charge on any atom is 0.0157 e. The molecule has 0 radical (unpaired) electrons. The van der Waals surface area contributed by atoms with Gasteiger partial charge in [0.2, 0.25) is 0 Å². The van der Waals surface area contributed by atoms with Gasteiger partial charge in [-0.05, 0) is 69.0 Å². The van der Waals surface area contributed by atoms with Crippen LogP contribution in [0.2, 0.25) is 0 Å². The first kappa shape index (κ1) is 17.7. The summed E-state index contributed by atoms with van der Waals surface area (Å²) in [7, 11) is 0. The van der Waals surface area contributed by atoms with Crippen LogP contribution in [-0.2, 0) is 0 Å². The molecule has 0 aliphatic heterocycles. The Kier molecular flexibility index (Phi) is 7.46. The van der Waals surface area contributed by atoms with Gasteiger partial charge < -0.3 is 0 Å². The fourth-order valence-corrected chi connectivity index (χ4v) is 6.04. The Bertz CT molecular complexity index is 270. The molecule has 2 aliphatic rings. The molecule has 1 heteroatoms. The highest BCUT2D eigenvalue weighted by molar-refractivity contribution is 8.00. The molecule has 0 aromatic heterocycles.